The molecule has 1 amide bonds. The second-order valence-electron chi connectivity index (χ2n) is 3.33. The zero-order chi connectivity index (χ0) is 11.1. The van der Waals surface area contributed by atoms with Gasteiger partial charge < -0.3 is 11.1 Å². The molecule has 0 saturated carbocycles. The van der Waals surface area contributed by atoms with Crippen LogP contribution in [-0.4, -0.2) is 24.0 Å². The molecule has 0 bridgehead atoms. The lowest BCUT2D eigenvalue weighted by atomic mass is 10.2. The van der Waals surface area contributed by atoms with Gasteiger partial charge >= 0.3 is 0 Å². The maximum atomic E-state index is 11.6. The van der Waals surface area contributed by atoms with Crippen LogP contribution in [0.2, 0.25) is 0 Å². The van der Waals surface area contributed by atoms with Gasteiger partial charge in [0.1, 0.15) is 0 Å². The van der Waals surface area contributed by atoms with Crippen LogP contribution in [0, 0.1) is 0 Å². The molecular weight excluding hydrogens is 190 g/mol. The molecule has 82 valence electrons. The van der Waals surface area contributed by atoms with Crippen molar-refractivity contribution in [3.8, 4) is 0 Å². The van der Waals surface area contributed by atoms with Gasteiger partial charge in [-0.25, -0.2) is 0 Å². The molecule has 1 aromatic rings. The largest absolute Gasteiger partial charge is 0.352 e. The summed E-state index contributed by atoms with van der Waals surface area (Å²) in [5.41, 5.74) is 6.94. The van der Waals surface area contributed by atoms with Gasteiger partial charge in [0, 0.05) is 30.4 Å². The summed E-state index contributed by atoms with van der Waals surface area (Å²) < 4.78 is 0. The van der Waals surface area contributed by atoms with Crippen molar-refractivity contribution >= 4 is 5.91 Å². The van der Waals surface area contributed by atoms with Gasteiger partial charge in [0.25, 0.3) is 5.91 Å². The second-order valence-corrected chi connectivity index (χ2v) is 3.33. The number of carbonyl (C=O) groups is 1. The Morgan fingerprint density at radius 1 is 1.60 bits per heavy atom. The van der Waals surface area contributed by atoms with Crippen LogP contribution in [0.4, 0.5) is 0 Å². The first-order valence-corrected chi connectivity index (χ1v) is 5.21. The Balaban J connectivity index is 2.67. The van der Waals surface area contributed by atoms with E-state index in [1.54, 1.807) is 18.3 Å². The van der Waals surface area contributed by atoms with Crippen LogP contribution in [0.15, 0.2) is 18.3 Å². The molecule has 1 rings (SSSR count). The predicted octanol–water partition coefficient (Wildman–Crippen LogP) is 0.723. The number of amides is 1. The zero-order valence-electron chi connectivity index (χ0n) is 8.99. The first kappa shape index (κ1) is 11.7. The van der Waals surface area contributed by atoms with Gasteiger partial charge in [-0.1, -0.05) is 6.92 Å². The molecule has 0 atom stereocenters. The number of hydrogen-bond acceptors (Lipinski definition) is 3. The van der Waals surface area contributed by atoms with Gasteiger partial charge in [0.15, 0.2) is 0 Å². The van der Waals surface area contributed by atoms with Crippen LogP contribution in [0.3, 0.4) is 0 Å². The lowest BCUT2D eigenvalue weighted by Crippen LogP contribution is -2.24. The fourth-order valence-corrected chi connectivity index (χ4v) is 1.24. The number of hydrogen-bond donors (Lipinski definition) is 2. The highest BCUT2D eigenvalue weighted by Gasteiger charge is 2.05. The predicted molar refractivity (Wildman–Crippen MR) is 59.6 cm³/mol. The molecule has 0 aliphatic rings. The first-order chi connectivity index (χ1) is 7.27. The Kier molecular flexibility index (Phi) is 4.77. The number of aromatic nitrogens is 1. The fraction of sp³-hybridized carbons (Fsp3) is 0.455. The van der Waals surface area contributed by atoms with Crippen molar-refractivity contribution in [1.82, 2.24) is 10.3 Å². The third-order valence-corrected chi connectivity index (χ3v) is 2.01. The molecule has 1 heterocycles. The summed E-state index contributed by atoms with van der Waals surface area (Å²) in [7, 11) is 0. The standard InChI is InChI=1S/C11H17N3O/c1-2-6-14-11(15)9-4-7-13-10(8-9)3-5-12/h4,7-8H,2-3,5-6,12H2,1H3,(H,14,15). The first-order valence-electron chi connectivity index (χ1n) is 5.21. The number of carbonyl (C=O) groups excluding carboxylic acids is 1. The SMILES string of the molecule is CCCNC(=O)c1ccnc(CCN)c1. The minimum absolute atomic E-state index is 0.0440. The molecule has 0 saturated heterocycles. The van der Waals surface area contributed by atoms with E-state index in [-0.39, 0.29) is 5.91 Å². The Bertz CT molecular complexity index is 325. The molecular formula is C11H17N3O. The van der Waals surface area contributed by atoms with Crippen LogP contribution in [0.25, 0.3) is 0 Å². The molecule has 4 heteroatoms. The van der Waals surface area contributed by atoms with Gasteiger partial charge in [-0.2, -0.15) is 0 Å². The molecule has 0 spiro atoms. The second kappa shape index (κ2) is 6.14. The molecule has 0 fully saturated rings. The van der Waals surface area contributed by atoms with Gasteiger partial charge in [-0.05, 0) is 25.1 Å². The van der Waals surface area contributed by atoms with E-state index >= 15 is 0 Å². The molecule has 0 aliphatic carbocycles. The van der Waals surface area contributed by atoms with Gasteiger partial charge in [0.2, 0.25) is 0 Å². The molecule has 15 heavy (non-hydrogen) atoms. The topological polar surface area (TPSA) is 68.0 Å². The van der Waals surface area contributed by atoms with E-state index in [0.717, 1.165) is 12.1 Å². The van der Waals surface area contributed by atoms with Crippen LogP contribution in [-0.2, 0) is 6.42 Å². The highest BCUT2D eigenvalue weighted by atomic mass is 16.1. The maximum Gasteiger partial charge on any atom is 0.251 e. The number of pyridine rings is 1. The summed E-state index contributed by atoms with van der Waals surface area (Å²) in [5.74, 6) is -0.0440. The van der Waals surface area contributed by atoms with E-state index in [2.05, 4.69) is 10.3 Å². The van der Waals surface area contributed by atoms with Crippen LogP contribution in [0.5, 0.6) is 0 Å². The van der Waals surface area contributed by atoms with Crippen molar-refractivity contribution in [2.24, 2.45) is 5.73 Å². The molecule has 3 N–H and O–H groups in total. The van der Waals surface area contributed by atoms with E-state index in [9.17, 15) is 4.79 Å². The van der Waals surface area contributed by atoms with E-state index in [1.165, 1.54) is 0 Å². The third-order valence-electron chi connectivity index (χ3n) is 2.01. The number of nitrogens with two attached hydrogens (primary N) is 1. The maximum absolute atomic E-state index is 11.6. The van der Waals surface area contributed by atoms with Crippen molar-refractivity contribution in [3.63, 3.8) is 0 Å². The molecule has 0 radical (unpaired) electrons. The van der Waals surface area contributed by atoms with Gasteiger partial charge in [-0.15, -0.1) is 0 Å². The van der Waals surface area contributed by atoms with E-state index < -0.39 is 0 Å². The van der Waals surface area contributed by atoms with Crippen molar-refractivity contribution in [2.45, 2.75) is 19.8 Å². The van der Waals surface area contributed by atoms with E-state index in [4.69, 9.17) is 5.73 Å². The Morgan fingerprint density at radius 3 is 3.07 bits per heavy atom. The number of nitrogens with one attached hydrogen (secondary N) is 1. The Hall–Kier alpha value is -1.42. The average molecular weight is 207 g/mol. The highest BCUT2D eigenvalue weighted by Crippen LogP contribution is 2.02. The number of rotatable bonds is 5. The molecule has 0 aromatic carbocycles. The Labute approximate surface area is 89.9 Å². The minimum Gasteiger partial charge on any atom is -0.352 e. The number of nitrogens with zero attached hydrogens (tertiary/aromatic N) is 1. The van der Waals surface area contributed by atoms with E-state index in [0.29, 0.717) is 25.1 Å². The lowest BCUT2D eigenvalue weighted by Gasteiger charge is -2.04. The van der Waals surface area contributed by atoms with Crippen molar-refractivity contribution < 1.29 is 4.79 Å². The fourth-order valence-electron chi connectivity index (χ4n) is 1.24. The highest BCUT2D eigenvalue weighted by molar-refractivity contribution is 5.94. The normalized spacial score (nSPS) is 10.0. The summed E-state index contributed by atoms with van der Waals surface area (Å²) in [6, 6.07) is 3.50. The van der Waals surface area contributed by atoms with Crippen LogP contribution < -0.4 is 11.1 Å². The average Bonchev–Trinajstić information content (AvgIpc) is 2.27. The minimum atomic E-state index is -0.0440. The smallest absolute Gasteiger partial charge is 0.251 e. The quantitative estimate of drug-likeness (QED) is 0.747. The van der Waals surface area contributed by atoms with Crippen molar-refractivity contribution in [1.29, 1.82) is 0 Å². The summed E-state index contributed by atoms with van der Waals surface area (Å²) in [5, 5.41) is 2.82. The summed E-state index contributed by atoms with van der Waals surface area (Å²) >= 11 is 0. The lowest BCUT2D eigenvalue weighted by molar-refractivity contribution is 0.0953. The molecule has 1 aromatic heterocycles. The van der Waals surface area contributed by atoms with Crippen molar-refractivity contribution in [3.05, 3.63) is 29.6 Å². The monoisotopic (exact) mass is 207 g/mol. The van der Waals surface area contributed by atoms with Gasteiger partial charge in [-0.3, -0.25) is 9.78 Å². The molecule has 0 aliphatic heterocycles. The molecule has 0 unspecified atom stereocenters. The third kappa shape index (κ3) is 3.67. The van der Waals surface area contributed by atoms with Crippen LogP contribution in [0.1, 0.15) is 29.4 Å². The Morgan fingerprint density at radius 2 is 2.40 bits per heavy atom. The van der Waals surface area contributed by atoms with Crippen LogP contribution >= 0.6 is 0 Å². The molecule has 4 nitrogen and oxygen atoms in total. The van der Waals surface area contributed by atoms with Gasteiger partial charge in [0.05, 0.1) is 0 Å². The summed E-state index contributed by atoms with van der Waals surface area (Å²) in [4.78, 5) is 15.7. The summed E-state index contributed by atoms with van der Waals surface area (Å²) in [6.45, 7) is 3.27. The zero-order valence-corrected chi connectivity index (χ0v) is 8.99. The summed E-state index contributed by atoms with van der Waals surface area (Å²) in [6.07, 6.45) is 3.28. The van der Waals surface area contributed by atoms with Crippen molar-refractivity contribution in [2.75, 3.05) is 13.1 Å². The van der Waals surface area contributed by atoms with E-state index in [1.807, 2.05) is 6.92 Å².